The first-order valence-corrected chi connectivity index (χ1v) is 8.61. The Kier molecular flexibility index (Phi) is 6.77. The van der Waals surface area contributed by atoms with Crippen LogP contribution in [-0.2, 0) is 9.63 Å². The van der Waals surface area contributed by atoms with E-state index in [0.29, 0.717) is 21.3 Å². The number of carbonyl (C=O) groups excluding carboxylic acids is 1. The molecule has 2 rings (SSSR count). The van der Waals surface area contributed by atoms with Crippen LogP contribution in [0.1, 0.15) is 5.56 Å². The summed E-state index contributed by atoms with van der Waals surface area (Å²) in [5.41, 5.74) is 1.33. The van der Waals surface area contributed by atoms with Crippen molar-refractivity contribution >= 4 is 52.8 Å². The summed E-state index contributed by atoms with van der Waals surface area (Å²) in [5.74, 6) is -0.294. The Balaban J connectivity index is 1.84. The molecule has 120 valence electrons. The van der Waals surface area contributed by atoms with Gasteiger partial charge in [-0.05, 0) is 30.5 Å². The Morgan fingerprint density at radius 2 is 2.09 bits per heavy atom. The van der Waals surface area contributed by atoms with Gasteiger partial charge in [-0.1, -0.05) is 46.6 Å². The molecule has 0 fully saturated rings. The van der Waals surface area contributed by atoms with Gasteiger partial charge in [0.05, 0.1) is 16.3 Å². The van der Waals surface area contributed by atoms with E-state index in [4.69, 9.17) is 28.0 Å². The molecule has 0 spiro atoms. The number of anilines is 1. The van der Waals surface area contributed by atoms with Gasteiger partial charge in [0.1, 0.15) is 0 Å². The van der Waals surface area contributed by atoms with E-state index in [1.807, 2.05) is 30.5 Å². The number of oxime groups is 1. The van der Waals surface area contributed by atoms with Gasteiger partial charge in [0.2, 0.25) is 0 Å². The first kappa shape index (κ1) is 17.7. The van der Waals surface area contributed by atoms with E-state index in [2.05, 4.69) is 10.5 Å². The number of halogens is 2. The van der Waals surface area contributed by atoms with Crippen molar-refractivity contribution in [3.63, 3.8) is 0 Å². The summed E-state index contributed by atoms with van der Waals surface area (Å²) in [6.45, 7) is -0.196. The first-order chi connectivity index (χ1) is 11.1. The molecular formula is C16H14Cl2N2O2S. The number of carbonyl (C=O) groups is 1. The second-order valence-corrected chi connectivity index (χ2v) is 6.10. The molecule has 0 aromatic heterocycles. The van der Waals surface area contributed by atoms with E-state index in [0.717, 1.165) is 4.90 Å². The van der Waals surface area contributed by atoms with Crippen LogP contribution < -0.4 is 5.32 Å². The van der Waals surface area contributed by atoms with Crippen molar-refractivity contribution in [2.24, 2.45) is 5.16 Å². The Labute approximate surface area is 148 Å². The lowest BCUT2D eigenvalue weighted by molar-refractivity contribution is -0.120. The maximum atomic E-state index is 11.8. The van der Waals surface area contributed by atoms with Gasteiger partial charge in [0, 0.05) is 16.1 Å². The van der Waals surface area contributed by atoms with Crippen LogP contribution in [0.15, 0.2) is 52.5 Å². The standard InChI is InChI=1S/C16H14Cl2N2O2S/c1-23-13-6-3-5-12(8-13)20-15(21)10-22-19-9-11-4-2-7-14(17)16(11)18/h2-9H,10H2,1H3,(H,20,21)/b19-9-. The predicted molar refractivity (Wildman–Crippen MR) is 96.9 cm³/mol. The third-order valence-electron chi connectivity index (χ3n) is 2.80. The number of thioether (sulfide) groups is 1. The van der Waals surface area contributed by atoms with Crippen molar-refractivity contribution < 1.29 is 9.63 Å². The molecule has 0 aliphatic rings. The summed E-state index contributed by atoms with van der Waals surface area (Å²) in [4.78, 5) is 17.8. The fourth-order valence-corrected chi connectivity index (χ4v) is 2.52. The molecule has 2 aromatic rings. The third-order valence-corrected chi connectivity index (χ3v) is 4.36. The average Bonchev–Trinajstić information content (AvgIpc) is 2.55. The Morgan fingerprint density at radius 1 is 1.30 bits per heavy atom. The van der Waals surface area contributed by atoms with Crippen LogP contribution in [0.2, 0.25) is 10.0 Å². The molecule has 0 aliphatic heterocycles. The molecule has 4 nitrogen and oxygen atoms in total. The van der Waals surface area contributed by atoms with E-state index >= 15 is 0 Å². The molecule has 0 radical (unpaired) electrons. The van der Waals surface area contributed by atoms with Crippen LogP contribution in [0.4, 0.5) is 5.69 Å². The van der Waals surface area contributed by atoms with Crippen LogP contribution in [-0.4, -0.2) is 25.0 Å². The van der Waals surface area contributed by atoms with Gasteiger partial charge < -0.3 is 10.2 Å². The summed E-state index contributed by atoms with van der Waals surface area (Å²) >= 11 is 13.5. The second-order valence-electron chi connectivity index (χ2n) is 4.43. The van der Waals surface area contributed by atoms with Crippen LogP contribution in [0, 0.1) is 0 Å². The number of benzene rings is 2. The molecule has 1 amide bonds. The monoisotopic (exact) mass is 368 g/mol. The van der Waals surface area contributed by atoms with E-state index in [1.54, 1.807) is 30.0 Å². The molecule has 23 heavy (non-hydrogen) atoms. The number of nitrogens with one attached hydrogen (secondary N) is 1. The predicted octanol–water partition coefficient (Wildman–Crippen LogP) is 4.70. The first-order valence-electron chi connectivity index (χ1n) is 6.63. The summed E-state index contributed by atoms with van der Waals surface area (Å²) in [6, 6.07) is 12.7. The van der Waals surface area contributed by atoms with Crippen molar-refractivity contribution in [3.05, 3.63) is 58.1 Å². The van der Waals surface area contributed by atoms with Gasteiger partial charge in [0.15, 0.2) is 6.61 Å². The largest absolute Gasteiger partial charge is 0.386 e. The van der Waals surface area contributed by atoms with Crippen molar-refractivity contribution in [1.29, 1.82) is 0 Å². The molecule has 7 heteroatoms. The Hall–Kier alpha value is -1.69. The van der Waals surface area contributed by atoms with Crippen LogP contribution in [0.5, 0.6) is 0 Å². The highest BCUT2D eigenvalue weighted by Gasteiger charge is 2.04. The zero-order valence-corrected chi connectivity index (χ0v) is 14.6. The second kappa shape index (κ2) is 8.82. The van der Waals surface area contributed by atoms with Crippen LogP contribution >= 0.6 is 35.0 Å². The Bertz CT molecular complexity index is 723. The van der Waals surface area contributed by atoms with Gasteiger partial charge >= 0.3 is 0 Å². The van der Waals surface area contributed by atoms with Gasteiger partial charge in [-0.25, -0.2) is 0 Å². The molecule has 0 atom stereocenters. The minimum absolute atomic E-state index is 0.196. The Morgan fingerprint density at radius 3 is 2.87 bits per heavy atom. The summed E-state index contributed by atoms with van der Waals surface area (Å²) in [6.07, 6.45) is 3.38. The number of hydrogen-bond acceptors (Lipinski definition) is 4. The minimum atomic E-state index is -0.294. The molecule has 0 saturated heterocycles. The van der Waals surface area contributed by atoms with Crippen molar-refractivity contribution in [3.8, 4) is 0 Å². The lowest BCUT2D eigenvalue weighted by atomic mass is 10.2. The molecule has 2 aromatic carbocycles. The maximum absolute atomic E-state index is 11.8. The zero-order chi connectivity index (χ0) is 16.7. The summed E-state index contributed by atoms with van der Waals surface area (Å²) in [5, 5.41) is 7.28. The fourth-order valence-electron chi connectivity index (χ4n) is 1.71. The van der Waals surface area contributed by atoms with Gasteiger partial charge in [-0.15, -0.1) is 11.8 Å². The molecule has 0 unspecified atom stereocenters. The lowest BCUT2D eigenvalue weighted by Crippen LogP contribution is -2.16. The number of nitrogens with zero attached hydrogens (tertiary/aromatic N) is 1. The quantitative estimate of drug-likeness (QED) is 0.456. The zero-order valence-electron chi connectivity index (χ0n) is 12.3. The molecule has 1 N–H and O–H groups in total. The third kappa shape index (κ3) is 5.46. The van der Waals surface area contributed by atoms with E-state index in [-0.39, 0.29) is 12.5 Å². The smallest absolute Gasteiger partial charge is 0.265 e. The van der Waals surface area contributed by atoms with E-state index in [9.17, 15) is 4.79 Å². The van der Waals surface area contributed by atoms with E-state index < -0.39 is 0 Å². The summed E-state index contributed by atoms with van der Waals surface area (Å²) < 4.78 is 0. The van der Waals surface area contributed by atoms with Crippen molar-refractivity contribution in [2.45, 2.75) is 4.90 Å². The van der Waals surface area contributed by atoms with E-state index in [1.165, 1.54) is 6.21 Å². The normalized spacial score (nSPS) is 10.7. The highest BCUT2D eigenvalue weighted by molar-refractivity contribution is 7.98. The maximum Gasteiger partial charge on any atom is 0.265 e. The van der Waals surface area contributed by atoms with Crippen molar-refractivity contribution in [1.82, 2.24) is 0 Å². The van der Waals surface area contributed by atoms with Crippen LogP contribution in [0.3, 0.4) is 0 Å². The molecule has 0 saturated carbocycles. The highest BCUT2D eigenvalue weighted by Crippen LogP contribution is 2.24. The fraction of sp³-hybridized carbons (Fsp3) is 0.125. The average molecular weight is 369 g/mol. The van der Waals surface area contributed by atoms with Gasteiger partial charge in [0.25, 0.3) is 5.91 Å². The highest BCUT2D eigenvalue weighted by atomic mass is 35.5. The van der Waals surface area contributed by atoms with Crippen LogP contribution in [0.25, 0.3) is 0 Å². The molecule has 0 heterocycles. The number of hydrogen-bond donors (Lipinski definition) is 1. The number of amides is 1. The molecule has 0 aliphatic carbocycles. The molecule has 0 bridgehead atoms. The van der Waals surface area contributed by atoms with Crippen molar-refractivity contribution in [2.75, 3.05) is 18.2 Å². The van der Waals surface area contributed by atoms with Gasteiger partial charge in [-0.3, -0.25) is 4.79 Å². The molecular weight excluding hydrogens is 355 g/mol. The topological polar surface area (TPSA) is 50.7 Å². The minimum Gasteiger partial charge on any atom is -0.386 e. The van der Waals surface area contributed by atoms with Gasteiger partial charge in [-0.2, -0.15) is 0 Å². The summed E-state index contributed by atoms with van der Waals surface area (Å²) in [7, 11) is 0. The SMILES string of the molecule is CSc1cccc(NC(=O)CO/N=C\c2cccc(Cl)c2Cl)c1. The number of rotatable bonds is 6. The lowest BCUT2D eigenvalue weighted by Gasteiger charge is -2.05.